The molecule has 0 amide bonds. The zero-order valence-electron chi connectivity index (χ0n) is 16.9. The SMILES string of the molecule is Nc1nc2cccc(-c3ccc(CN4CCS(=O)(=O)CC4)cc3)n2n1.O=C(Cl)C1CC1. The second-order valence-electron chi connectivity index (χ2n) is 7.85. The molecule has 5 rings (SSSR count). The summed E-state index contributed by atoms with van der Waals surface area (Å²) in [5.41, 5.74) is 9.53. The quantitative estimate of drug-likeness (QED) is 0.593. The summed E-state index contributed by atoms with van der Waals surface area (Å²) in [6.45, 7) is 1.96. The minimum absolute atomic E-state index is 0.157. The van der Waals surface area contributed by atoms with Crippen LogP contribution in [0.15, 0.2) is 42.5 Å². The van der Waals surface area contributed by atoms with Crippen molar-refractivity contribution in [2.45, 2.75) is 19.4 Å². The maximum atomic E-state index is 11.5. The van der Waals surface area contributed by atoms with E-state index < -0.39 is 9.84 Å². The van der Waals surface area contributed by atoms with E-state index in [1.807, 2.05) is 30.3 Å². The Hall–Kier alpha value is -2.49. The van der Waals surface area contributed by atoms with E-state index in [4.69, 9.17) is 17.3 Å². The molecule has 31 heavy (non-hydrogen) atoms. The van der Waals surface area contributed by atoms with Crippen LogP contribution in [0.25, 0.3) is 16.9 Å². The predicted molar refractivity (Wildman–Crippen MR) is 120 cm³/mol. The molecule has 2 aromatic heterocycles. The third kappa shape index (κ3) is 5.61. The largest absolute Gasteiger partial charge is 0.366 e. The number of nitrogen functional groups attached to an aromatic ring is 1. The Balaban J connectivity index is 0.000000334. The fourth-order valence-electron chi connectivity index (χ4n) is 3.40. The van der Waals surface area contributed by atoms with Gasteiger partial charge in [0.15, 0.2) is 15.5 Å². The minimum Gasteiger partial charge on any atom is -0.366 e. The Bertz CT molecular complexity index is 1180. The summed E-state index contributed by atoms with van der Waals surface area (Å²) in [4.78, 5) is 16.3. The molecule has 1 aliphatic heterocycles. The van der Waals surface area contributed by atoms with Crippen LogP contribution in [0.3, 0.4) is 0 Å². The number of anilines is 1. The van der Waals surface area contributed by atoms with E-state index in [9.17, 15) is 13.2 Å². The van der Waals surface area contributed by atoms with Gasteiger partial charge in [-0.1, -0.05) is 30.3 Å². The van der Waals surface area contributed by atoms with E-state index in [1.54, 1.807) is 4.52 Å². The summed E-state index contributed by atoms with van der Waals surface area (Å²) in [7, 11) is -2.84. The normalized spacial score (nSPS) is 18.4. The van der Waals surface area contributed by atoms with Crippen molar-refractivity contribution in [1.82, 2.24) is 19.5 Å². The first-order valence-electron chi connectivity index (χ1n) is 10.1. The molecule has 164 valence electrons. The average molecular weight is 462 g/mol. The van der Waals surface area contributed by atoms with Gasteiger partial charge in [-0.25, -0.2) is 12.9 Å². The molecule has 1 aromatic carbocycles. The van der Waals surface area contributed by atoms with E-state index in [-0.39, 0.29) is 28.6 Å². The Labute approximate surface area is 185 Å². The van der Waals surface area contributed by atoms with Gasteiger partial charge in [0.05, 0.1) is 17.2 Å². The third-order valence-corrected chi connectivity index (χ3v) is 7.29. The molecule has 2 aliphatic rings. The monoisotopic (exact) mass is 461 g/mol. The first-order valence-corrected chi connectivity index (χ1v) is 12.3. The number of benzene rings is 1. The molecule has 0 atom stereocenters. The van der Waals surface area contributed by atoms with E-state index in [0.717, 1.165) is 36.2 Å². The van der Waals surface area contributed by atoms with E-state index in [0.29, 0.717) is 18.7 Å². The minimum atomic E-state index is -2.84. The Kier molecular flexibility index (Phi) is 6.27. The Morgan fingerprint density at radius 1 is 1.10 bits per heavy atom. The lowest BCUT2D eigenvalue weighted by Gasteiger charge is -2.26. The third-order valence-electron chi connectivity index (χ3n) is 5.37. The van der Waals surface area contributed by atoms with Crippen molar-refractivity contribution >= 4 is 38.3 Å². The highest BCUT2D eigenvalue weighted by Crippen LogP contribution is 2.30. The highest BCUT2D eigenvalue weighted by molar-refractivity contribution is 7.91. The number of nitrogens with two attached hydrogens (primary N) is 1. The van der Waals surface area contributed by atoms with Gasteiger partial charge in [0.2, 0.25) is 11.2 Å². The summed E-state index contributed by atoms with van der Waals surface area (Å²) in [5.74, 6) is 0.984. The standard InChI is InChI=1S/C17H19N5O2S.C4H5ClO/c18-17-19-16-3-1-2-15(22(16)20-17)14-6-4-13(5-7-14)12-21-8-10-25(23,24)11-9-21;5-4(6)3-1-2-3/h1-7H,8-12H2,(H2,18,20);3H,1-2H2. The van der Waals surface area contributed by atoms with Crippen molar-refractivity contribution in [3.8, 4) is 11.3 Å². The van der Waals surface area contributed by atoms with E-state index in [2.05, 4.69) is 27.1 Å². The number of halogens is 1. The summed E-state index contributed by atoms with van der Waals surface area (Å²) in [5, 5.41) is 4.08. The fourth-order valence-corrected chi connectivity index (χ4v) is 4.89. The summed E-state index contributed by atoms with van der Waals surface area (Å²) in [6.07, 6.45) is 2.03. The Morgan fingerprint density at radius 3 is 2.35 bits per heavy atom. The number of nitrogens with zero attached hydrogens (tertiary/aromatic N) is 4. The summed E-state index contributed by atoms with van der Waals surface area (Å²) in [6, 6.07) is 14.0. The molecule has 1 aliphatic carbocycles. The van der Waals surface area contributed by atoms with Crippen molar-refractivity contribution in [2.75, 3.05) is 30.3 Å². The first-order chi connectivity index (χ1) is 14.8. The van der Waals surface area contributed by atoms with Crippen molar-refractivity contribution in [3.63, 3.8) is 0 Å². The van der Waals surface area contributed by atoms with Gasteiger partial charge in [0, 0.05) is 31.1 Å². The molecule has 3 heterocycles. The van der Waals surface area contributed by atoms with Crippen LogP contribution < -0.4 is 5.73 Å². The molecule has 0 spiro atoms. The van der Waals surface area contributed by atoms with E-state index in [1.165, 1.54) is 0 Å². The van der Waals surface area contributed by atoms with Gasteiger partial charge < -0.3 is 5.73 Å². The van der Waals surface area contributed by atoms with Crippen LogP contribution in [0.2, 0.25) is 0 Å². The molecule has 2 fully saturated rings. The highest BCUT2D eigenvalue weighted by atomic mass is 35.5. The molecule has 0 unspecified atom stereocenters. The zero-order chi connectivity index (χ0) is 22.0. The maximum absolute atomic E-state index is 11.5. The van der Waals surface area contributed by atoms with Gasteiger partial charge in [0.25, 0.3) is 0 Å². The average Bonchev–Trinajstić information content (AvgIpc) is 3.52. The smallest absolute Gasteiger partial charge is 0.240 e. The molecular weight excluding hydrogens is 438 g/mol. The molecule has 0 bridgehead atoms. The van der Waals surface area contributed by atoms with Gasteiger partial charge in [-0.15, -0.1) is 5.10 Å². The number of carbonyl (C=O) groups is 1. The van der Waals surface area contributed by atoms with Crippen LogP contribution in [0.5, 0.6) is 0 Å². The highest BCUT2D eigenvalue weighted by Gasteiger charge is 2.27. The number of pyridine rings is 1. The fraction of sp³-hybridized carbons (Fsp3) is 0.381. The van der Waals surface area contributed by atoms with Crippen molar-refractivity contribution < 1.29 is 13.2 Å². The van der Waals surface area contributed by atoms with Crippen LogP contribution >= 0.6 is 11.6 Å². The Morgan fingerprint density at radius 2 is 1.77 bits per heavy atom. The van der Waals surface area contributed by atoms with Gasteiger partial charge >= 0.3 is 0 Å². The van der Waals surface area contributed by atoms with Crippen molar-refractivity contribution in [2.24, 2.45) is 5.92 Å². The number of fused-ring (bicyclic) bond motifs is 1. The van der Waals surface area contributed by atoms with E-state index >= 15 is 0 Å². The maximum Gasteiger partial charge on any atom is 0.240 e. The van der Waals surface area contributed by atoms with Gasteiger partial charge in [-0.2, -0.15) is 4.98 Å². The topological polar surface area (TPSA) is 111 Å². The molecule has 3 aromatic rings. The van der Waals surface area contributed by atoms with Crippen molar-refractivity contribution in [3.05, 3.63) is 48.0 Å². The van der Waals surface area contributed by atoms with Gasteiger partial charge in [-0.3, -0.25) is 9.69 Å². The number of hydrogen-bond donors (Lipinski definition) is 1. The number of hydrogen-bond acceptors (Lipinski definition) is 7. The second-order valence-corrected chi connectivity index (χ2v) is 10.5. The lowest BCUT2D eigenvalue weighted by Crippen LogP contribution is -2.39. The molecule has 1 saturated heterocycles. The van der Waals surface area contributed by atoms with Crippen molar-refractivity contribution in [1.29, 1.82) is 0 Å². The van der Waals surface area contributed by atoms with Crippen LogP contribution in [0.4, 0.5) is 5.95 Å². The molecule has 8 nitrogen and oxygen atoms in total. The number of sulfone groups is 1. The molecular formula is C21H24ClN5O3S. The van der Waals surface area contributed by atoms with Crippen LogP contribution in [0, 0.1) is 5.92 Å². The van der Waals surface area contributed by atoms with Crippen LogP contribution in [-0.4, -0.2) is 57.8 Å². The van der Waals surface area contributed by atoms with Crippen LogP contribution in [0.1, 0.15) is 18.4 Å². The van der Waals surface area contributed by atoms with Crippen LogP contribution in [-0.2, 0) is 21.2 Å². The predicted octanol–water partition coefficient (Wildman–Crippen LogP) is 2.37. The zero-order valence-corrected chi connectivity index (χ0v) is 18.5. The molecule has 0 radical (unpaired) electrons. The summed E-state index contributed by atoms with van der Waals surface area (Å²) < 4.78 is 24.8. The number of rotatable bonds is 4. The van der Waals surface area contributed by atoms with Gasteiger partial charge in [0.1, 0.15) is 0 Å². The molecule has 2 N–H and O–H groups in total. The van der Waals surface area contributed by atoms with Gasteiger partial charge in [-0.05, 0) is 42.1 Å². The molecule has 1 saturated carbocycles. The summed E-state index contributed by atoms with van der Waals surface area (Å²) >= 11 is 5.04. The second kappa shape index (κ2) is 8.94. The first kappa shape index (κ1) is 21.7. The molecule has 10 heteroatoms. The lowest BCUT2D eigenvalue weighted by molar-refractivity contribution is -0.112. The number of carbonyl (C=O) groups excluding carboxylic acids is 1. The lowest BCUT2D eigenvalue weighted by atomic mass is 10.1. The number of aromatic nitrogens is 3.